The molecule has 1 aromatic carbocycles. The molecule has 0 unspecified atom stereocenters. The van der Waals surface area contributed by atoms with Crippen LogP contribution < -0.4 is 4.57 Å². The molecule has 0 amide bonds. The highest BCUT2D eigenvalue weighted by Crippen LogP contribution is 2.37. The second-order valence-corrected chi connectivity index (χ2v) is 5.94. The lowest BCUT2D eigenvalue weighted by Crippen LogP contribution is -2.26. The standard InChI is InChI=1S/C16H12FN2OS/c1-9-3-4-10-11-5-6-12(17)18-15(11)20-14(10)13(9)16-19(2)7-8-21-16/h3-8H,1-2H3/q+1. The van der Waals surface area contributed by atoms with Crippen molar-refractivity contribution in [3.8, 4) is 10.6 Å². The summed E-state index contributed by atoms with van der Waals surface area (Å²) >= 11 is 1.65. The highest BCUT2D eigenvalue weighted by Gasteiger charge is 2.22. The number of fused-ring (bicyclic) bond motifs is 3. The molecule has 0 aliphatic heterocycles. The first-order valence-corrected chi connectivity index (χ1v) is 7.45. The van der Waals surface area contributed by atoms with E-state index in [0.29, 0.717) is 5.71 Å². The predicted molar refractivity (Wildman–Crippen MR) is 80.7 cm³/mol. The summed E-state index contributed by atoms with van der Waals surface area (Å²) in [7, 11) is 2.00. The lowest BCUT2D eigenvalue weighted by atomic mass is 10.0. The van der Waals surface area contributed by atoms with Crippen molar-refractivity contribution in [1.29, 1.82) is 0 Å². The number of furan rings is 1. The minimum atomic E-state index is -0.526. The van der Waals surface area contributed by atoms with Gasteiger partial charge in [0.15, 0.2) is 11.8 Å². The molecule has 0 radical (unpaired) electrons. The first-order chi connectivity index (χ1) is 10.1. The molecule has 3 aromatic heterocycles. The summed E-state index contributed by atoms with van der Waals surface area (Å²) in [5, 5.41) is 4.95. The summed E-state index contributed by atoms with van der Waals surface area (Å²) in [6, 6.07) is 7.15. The van der Waals surface area contributed by atoms with Gasteiger partial charge in [0.2, 0.25) is 11.7 Å². The van der Waals surface area contributed by atoms with Crippen molar-refractivity contribution in [3.05, 3.63) is 47.4 Å². The van der Waals surface area contributed by atoms with Gasteiger partial charge in [0.25, 0.3) is 5.01 Å². The lowest BCUT2D eigenvalue weighted by Gasteiger charge is -2.01. The molecule has 3 heterocycles. The number of thiazole rings is 1. The first-order valence-electron chi connectivity index (χ1n) is 6.57. The Labute approximate surface area is 124 Å². The summed E-state index contributed by atoms with van der Waals surface area (Å²) in [6.45, 7) is 2.05. The Kier molecular flexibility index (Phi) is 2.59. The number of hydrogen-bond acceptors (Lipinski definition) is 3. The molecule has 3 nitrogen and oxygen atoms in total. The molecular weight excluding hydrogens is 287 g/mol. The van der Waals surface area contributed by atoms with Crippen LogP contribution in [0.25, 0.3) is 32.6 Å². The fourth-order valence-electron chi connectivity index (χ4n) is 2.63. The van der Waals surface area contributed by atoms with Crippen molar-refractivity contribution >= 4 is 33.4 Å². The van der Waals surface area contributed by atoms with E-state index in [2.05, 4.69) is 22.5 Å². The molecule has 0 atom stereocenters. The number of aryl methyl sites for hydroxylation is 2. The zero-order valence-corrected chi connectivity index (χ0v) is 12.4. The smallest absolute Gasteiger partial charge is 0.272 e. The molecule has 21 heavy (non-hydrogen) atoms. The molecular formula is C16H12FN2OS+. The van der Waals surface area contributed by atoms with Crippen LogP contribution in [0, 0.1) is 12.9 Å². The Balaban J connectivity index is 2.17. The maximum absolute atomic E-state index is 13.3. The van der Waals surface area contributed by atoms with Gasteiger partial charge in [-0.3, -0.25) is 0 Å². The zero-order chi connectivity index (χ0) is 14.6. The van der Waals surface area contributed by atoms with Crippen LogP contribution in [-0.2, 0) is 7.05 Å². The number of nitrogens with zero attached hydrogens (tertiary/aromatic N) is 2. The van der Waals surface area contributed by atoms with Gasteiger partial charge in [-0.2, -0.15) is 13.9 Å². The van der Waals surface area contributed by atoms with Gasteiger partial charge in [0.1, 0.15) is 12.6 Å². The number of hydrogen-bond donors (Lipinski definition) is 0. The van der Waals surface area contributed by atoms with E-state index in [1.165, 1.54) is 6.07 Å². The second kappa shape index (κ2) is 4.36. The third-order valence-electron chi connectivity index (χ3n) is 3.68. The lowest BCUT2D eigenvalue weighted by molar-refractivity contribution is -0.655. The van der Waals surface area contributed by atoms with E-state index < -0.39 is 5.95 Å². The molecule has 5 heteroatoms. The molecule has 0 saturated carbocycles. The average molecular weight is 299 g/mol. The SMILES string of the molecule is Cc1ccc2c(oc3nc(F)ccc32)c1-c1scc[n+]1C. The first kappa shape index (κ1) is 12.5. The number of benzene rings is 1. The summed E-state index contributed by atoms with van der Waals surface area (Å²) < 4.78 is 21.2. The minimum absolute atomic E-state index is 0.344. The summed E-state index contributed by atoms with van der Waals surface area (Å²) in [5.41, 5.74) is 3.28. The molecule has 4 aromatic rings. The second-order valence-electron chi connectivity index (χ2n) is 5.04. The number of pyridine rings is 1. The van der Waals surface area contributed by atoms with Gasteiger partial charge in [-0.05, 0) is 24.6 Å². The van der Waals surface area contributed by atoms with Gasteiger partial charge in [0, 0.05) is 10.8 Å². The Morgan fingerprint density at radius 2 is 2.00 bits per heavy atom. The van der Waals surface area contributed by atoms with Crippen molar-refractivity contribution in [3.63, 3.8) is 0 Å². The van der Waals surface area contributed by atoms with Crippen molar-refractivity contribution in [2.45, 2.75) is 6.92 Å². The van der Waals surface area contributed by atoms with E-state index in [0.717, 1.165) is 32.5 Å². The molecule has 4 rings (SSSR count). The number of aromatic nitrogens is 2. The molecule has 0 aliphatic rings. The molecule has 0 bridgehead atoms. The monoisotopic (exact) mass is 299 g/mol. The molecule has 0 saturated heterocycles. The van der Waals surface area contributed by atoms with Crippen LogP contribution in [0.15, 0.2) is 40.3 Å². The highest BCUT2D eigenvalue weighted by molar-refractivity contribution is 7.12. The maximum Gasteiger partial charge on any atom is 0.272 e. The minimum Gasteiger partial charge on any atom is -0.437 e. The van der Waals surface area contributed by atoms with Crippen LogP contribution in [0.1, 0.15) is 5.56 Å². The van der Waals surface area contributed by atoms with Gasteiger partial charge in [0.05, 0.1) is 5.38 Å². The van der Waals surface area contributed by atoms with Gasteiger partial charge < -0.3 is 4.42 Å². The van der Waals surface area contributed by atoms with Crippen molar-refractivity contribution in [2.75, 3.05) is 0 Å². The van der Waals surface area contributed by atoms with E-state index in [4.69, 9.17) is 4.42 Å². The quantitative estimate of drug-likeness (QED) is 0.393. The van der Waals surface area contributed by atoms with Crippen LogP contribution >= 0.6 is 11.3 Å². The van der Waals surface area contributed by atoms with Gasteiger partial charge in [-0.1, -0.05) is 23.5 Å². The average Bonchev–Trinajstić information content (AvgIpc) is 3.01. The molecule has 0 aliphatic carbocycles. The third kappa shape index (κ3) is 1.77. The van der Waals surface area contributed by atoms with E-state index in [-0.39, 0.29) is 0 Å². The summed E-state index contributed by atoms with van der Waals surface area (Å²) in [4.78, 5) is 3.85. The Bertz CT molecular complexity index is 987. The largest absolute Gasteiger partial charge is 0.437 e. The Morgan fingerprint density at radius 3 is 2.76 bits per heavy atom. The molecule has 0 fully saturated rings. The van der Waals surface area contributed by atoms with E-state index in [9.17, 15) is 4.39 Å². The van der Waals surface area contributed by atoms with Crippen LogP contribution in [0.4, 0.5) is 4.39 Å². The van der Waals surface area contributed by atoms with Gasteiger partial charge in [-0.15, -0.1) is 0 Å². The number of rotatable bonds is 1. The maximum atomic E-state index is 13.3. The van der Waals surface area contributed by atoms with Gasteiger partial charge >= 0.3 is 0 Å². The van der Waals surface area contributed by atoms with Crippen molar-refractivity contribution < 1.29 is 13.4 Å². The Hall–Kier alpha value is -2.27. The van der Waals surface area contributed by atoms with Crippen LogP contribution in [-0.4, -0.2) is 4.98 Å². The van der Waals surface area contributed by atoms with Crippen LogP contribution in [0.2, 0.25) is 0 Å². The molecule has 0 spiro atoms. The van der Waals surface area contributed by atoms with E-state index in [1.54, 1.807) is 17.4 Å². The van der Waals surface area contributed by atoms with Crippen molar-refractivity contribution in [1.82, 2.24) is 4.98 Å². The molecule has 0 N–H and O–H groups in total. The fourth-order valence-corrected chi connectivity index (χ4v) is 3.61. The van der Waals surface area contributed by atoms with E-state index in [1.807, 2.05) is 24.7 Å². The van der Waals surface area contributed by atoms with Crippen molar-refractivity contribution in [2.24, 2.45) is 7.05 Å². The summed E-state index contributed by atoms with van der Waals surface area (Å²) in [5.74, 6) is -0.526. The number of halogens is 1. The highest BCUT2D eigenvalue weighted by atomic mass is 32.1. The van der Waals surface area contributed by atoms with E-state index >= 15 is 0 Å². The normalized spacial score (nSPS) is 11.6. The fraction of sp³-hybridized carbons (Fsp3) is 0.125. The Morgan fingerprint density at radius 1 is 1.19 bits per heavy atom. The topological polar surface area (TPSA) is 29.9 Å². The summed E-state index contributed by atoms with van der Waals surface area (Å²) in [6.07, 6.45) is 2.01. The van der Waals surface area contributed by atoms with Crippen LogP contribution in [0.3, 0.4) is 0 Å². The third-order valence-corrected chi connectivity index (χ3v) is 4.65. The zero-order valence-electron chi connectivity index (χ0n) is 11.6. The van der Waals surface area contributed by atoms with Crippen LogP contribution in [0.5, 0.6) is 0 Å². The van der Waals surface area contributed by atoms with Gasteiger partial charge in [-0.25, -0.2) is 0 Å². The predicted octanol–water partition coefficient (Wildman–Crippen LogP) is 3.98. The molecule has 104 valence electrons.